The van der Waals surface area contributed by atoms with E-state index in [1.54, 1.807) is 26.4 Å². The first-order valence-corrected chi connectivity index (χ1v) is 10.0. The Bertz CT molecular complexity index is 1080. The van der Waals surface area contributed by atoms with Gasteiger partial charge in [-0.2, -0.15) is 0 Å². The number of nitrogens with zero attached hydrogens (tertiary/aromatic N) is 3. The van der Waals surface area contributed by atoms with Crippen LogP contribution in [0.1, 0.15) is 12.8 Å². The first-order chi connectivity index (χ1) is 14.5. The van der Waals surface area contributed by atoms with E-state index in [0.29, 0.717) is 23.1 Å². The van der Waals surface area contributed by atoms with Crippen molar-refractivity contribution >= 4 is 29.0 Å². The molecule has 30 heavy (non-hydrogen) atoms. The fourth-order valence-electron chi connectivity index (χ4n) is 3.86. The van der Waals surface area contributed by atoms with Crippen LogP contribution in [0.15, 0.2) is 36.7 Å². The second-order valence-corrected chi connectivity index (χ2v) is 7.61. The molecule has 1 fully saturated rings. The topological polar surface area (TPSA) is 88.3 Å². The molecule has 1 atom stereocenters. The Kier molecular flexibility index (Phi) is 5.59. The zero-order valence-corrected chi connectivity index (χ0v) is 17.5. The monoisotopic (exact) mass is 430 g/mol. The third kappa shape index (κ3) is 3.95. The van der Waals surface area contributed by atoms with Crippen LogP contribution in [0.5, 0.6) is 11.5 Å². The van der Waals surface area contributed by atoms with E-state index in [1.165, 1.54) is 0 Å². The number of carbonyl (C=O) groups is 1. The Morgan fingerprint density at radius 1 is 1.27 bits per heavy atom. The van der Waals surface area contributed by atoms with Gasteiger partial charge < -0.3 is 29.2 Å². The number of anilines is 1. The number of nitrogens with one attached hydrogen (secondary N) is 1. The quantitative estimate of drug-likeness (QED) is 0.638. The summed E-state index contributed by atoms with van der Waals surface area (Å²) in [5.41, 5.74) is 3.30. The number of carboxylic acid groups (broad SMARTS) is 1. The number of ether oxygens (including phenoxy) is 2. The molecule has 4 rings (SSSR count). The lowest BCUT2D eigenvalue weighted by molar-refractivity contribution is 0.188. The molecule has 0 bridgehead atoms. The molecule has 2 aromatic heterocycles. The third-order valence-corrected chi connectivity index (χ3v) is 5.60. The Balaban J connectivity index is 1.65. The van der Waals surface area contributed by atoms with Crippen LogP contribution in [0, 0.1) is 0 Å². The summed E-state index contributed by atoms with van der Waals surface area (Å²) in [4.78, 5) is 17.9. The summed E-state index contributed by atoms with van der Waals surface area (Å²) in [6.07, 6.45) is 4.66. The summed E-state index contributed by atoms with van der Waals surface area (Å²) in [5.74, 6) is 1.16. The second kappa shape index (κ2) is 8.31. The highest BCUT2D eigenvalue weighted by atomic mass is 35.5. The van der Waals surface area contributed by atoms with Crippen LogP contribution in [-0.2, 0) is 0 Å². The molecule has 158 valence electrons. The van der Waals surface area contributed by atoms with Crippen molar-refractivity contribution in [3.05, 3.63) is 41.7 Å². The van der Waals surface area contributed by atoms with Crippen molar-refractivity contribution in [2.75, 3.05) is 32.2 Å². The minimum Gasteiger partial charge on any atom is -0.496 e. The van der Waals surface area contributed by atoms with E-state index in [1.807, 2.05) is 28.9 Å². The molecule has 0 radical (unpaired) electrons. The number of pyridine rings is 1. The molecule has 1 aromatic carbocycles. The maximum Gasteiger partial charge on any atom is 0.404 e. The molecule has 0 aliphatic carbocycles. The fraction of sp³-hybridized carbons (Fsp3) is 0.333. The summed E-state index contributed by atoms with van der Waals surface area (Å²) >= 11 is 6.31. The summed E-state index contributed by atoms with van der Waals surface area (Å²) in [6, 6.07) is 7.48. The number of fused-ring (bicyclic) bond motifs is 1. The van der Waals surface area contributed by atoms with Gasteiger partial charge in [0, 0.05) is 54.9 Å². The molecule has 0 spiro atoms. The van der Waals surface area contributed by atoms with Crippen LogP contribution in [0.4, 0.5) is 10.5 Å². The van der Waals surface area contributed by atoms with Crippen molar-refractivity contribution in [1.29, 1.82) is 0 Å². The standard InChI is InChI=1S/C21H23ClN4O4/c1-29-18-10-19(30-2)16(22)9-15(18)17-12-26-7-5-14(8-20(26)24-17)25-6-3-4-13(11-25)23-21(27)28/h5,7-10,12-13,23H,3-4,6,11H2,1-2H3,(H,27,28). The maximum absolute atomic E-state index is 11.0. The van der Waals surface area contributed by atoms with Crippen LogP contribution in [0.2, 0.25) is 5.02 Å². The average Bonchev–Trinajstić information content (AvgIpc) is 3.16. The summed E-state index contributed by atoms with van der Waals surface area (Å²) in [7, 11) is 3.15. The molecule has 3 heterocycles. The predicted molar refractivity (Wildman–Crippen MR) is 115 cm³/mol. The Hall–Kier alpha value is -3.13. The molecular weight excluding hydrogens is 408 g/mol. The van der Waals surface area contributed by atoms with Crippen molar-refractivity contribution in [2.24, 2.45) is 0 Å². The van der Waals surface area contributed by atoms with Crippen molar-refractivity contribution in [3.8, 4) is 22.8 Å². The Morgan fingerprint density at radius 3 is 2.80 bits per heavy atom. The number of methoxy groups -OCH3 is 2. The molecule has 9 heteroatoms. The van der Waals surface area contributed by atoms with Crippen LogP contribution in [-0.4, -0.2) is 53.9 Å². The molecular formula is C21H23ClN4O4. The predicted octanol–water partition coefficient (Wildman–Crippen LogP) is 3.91. The lowest BCUT2D eigenvalue weighted by Crippen LogP contribution is -2.47. The highest BCUT2D eigenvalue weighted by molar-refractivity contribution is 6.32. The number of imidazole rings is 1. The fourth-order valence-corrected chi connectivity index (χ4v) is 4.10. The van der Waals surface area contributed by atoms with Gasteiger partial charge >= 0.3 is 6.09 Å². The van der Waals surface area contributed by atoms with Crippen LogP contribution in [0.3, 0.4) is 0 Å². The number of aromatic nitrogens is 2. The van der Waals surface area contributed by atoms with Gasteiger partial charge in [-0.3, -0.25) is 0 Å². The van der Waals surface area contributed by atoms with Crippen molar-refractivity contribution in [3.63, 3.8) is 0 Å². The van der Waals surface area contributed by atoms with Gasteiger partial charge in [0.1, 0.15) is 17.1 Å². The minimum absolute atomic E-state index is 0.0755. The van der Waals surface area contributed by atoms with Gasteiger partial charge in [-0.1, -0.05) is 11.6 Å². The van der Waals surface area contributed by atoms with Gasteiger partial charge in [0.25, 0.3) is 0 Å². The van der Waals surface area contributed by atoms with Crippen LogP contribution >= 0.6 is 11.6 Å². The van der Waals surface area contributed by atoms with E-state index >= 15 is 0 Å². The molecule has 1 unspecified atom stereocenters. The minimum atomic E-state index is -0.984. The number of piperidine rings is 1. The van der Waals surface area contributed by atoms with Crippen molar-refractivity contribution < 1.29 is 19.4 Å². The number of hydrogen-bond donors (Lipinski definition) is 2. The third-order valence-electron chi connectivity index (χ3n) is 5.31. The SMILES string of the molecule is COc1cc(OC)c(-c2cn3ccc(N4CCCC(NC(=O)O)C4)cc3n2)cc1Cl. The molecule has 2 N–H and O–H groups in total. The van der Waals surface area contributed by atoms with E-state index < -0.39 is 6.09 Å². The normalized spacial score (nSPS) is 16.5. The molecule has 0 saturated carbocycles. The molecule has 1 saturated heterocycles. The maximum atomic E-state index is 11.0. The molecule has 1 aliphatic rings. The molecule has 1 amide bonds. The summed E-state index contributed by atoms with van der Waals surface area (Å²) in [5, 5.41) is 12.1. The lowest BCUT2D eigenvalue weighted by atomic mass is 10.1. The van der Waals surface area contributed by atoms with Gasteiger partial charge in [-0.05, 0) is 25.0 Å². The van der Waals surface area contributed by atoms with Gasteiger partial charge in [-0.25, -0.2) is 9.78 Å². The summed E-state index contributed by atoms with van der Waals surface area (Å²) in [6.45, 7) is 1.52. The second-order valence-electron chi connectivity index (χ2n) is 7.20. The van der Waals surface area contributed by atoms with E-state index in [9.17, 15) is 4.79 Å². The van der Waals surface area contributed by atoms with E-state index in [0.717, 1.165) is 42.0 Å². The molecule has 1 aliphatic heterocycles. The largest absolute Gasteiger partial charge is 0.496 e. The number of halogens is 1. The average molecular weight is 431 g/mol. The van der Waals surface area contributed by atoms with Gasteiger partial charge in [0.05, 0.1) is 24.9 Å². The smallest absolute Gasteiger partial charge is 0.404 e. The zero-order valence-electron chi connectivity index (χ0n) is 16.8. The summed E-state index contributed by atoms with van der Waals surface area (Å²) < 4.78 is 12.7. The first kappa shape index (κ1) is 20.2. The van der Waals surface area contributed by atoms with E-state index in [2.05, 4.69) is 10.2 Å². The van der Waals surface area contributed by atoms with Crippen LogP contribution in [0.25, 0.3) is 16.9 Å². The first-order valence-electron chi connectivity index (χ1n) is 9.63. The highest BCUT2D eigenvalue weighted by Crippen LogP contribution is 2.38. The van der Waals surface area contributed by atoms with Crippen LogP contribution < -0.4 is 19.7 Å². The van der Waals surface area contributed by atoms with Crippen molar-refractivity contribution in [1.82, 2.24) is 14.7 Å². The zero-order chi connectivity index (χ0) is 21.3. The number of rotatable bonds is 5. The Labute approximate surface area is 179 Å². The van der Waals surface area contributed by atoms with E-state index in [4.69, 9.17) is 31.2 Å². The van der Waals surface area contributed by atoms with Gasteiger partial charge in [0.2, 0.25) is 0 Å². The highest BCUT2D eigenvalue weighted by Gasteiger charge is 2.22. The van der Waals surface area contributed by atoms with Gasteiger partial charge in [0.15, 0.2) is 0 Å². The Morgan fingerprint density at radius 2 is 2.07 bits per heavy atom. The number of hydrogen-bond acceptors (Lipinski definition) is 5. The van der Waals surface area contributed by atoms with E-state index in [-0.39, 0.29) is 6.04 Å². The van der Waals surface area contributed by atoms with Crippen molar-refractivity contribution in [2.45, 2.75) is 18.9 Å². The number of benzene rings is 1. The van der Waals surface area contributed by atoms with Gasteiger partial charge in [-0.15, -0.1) is 0 Å². The molecule has 8 nitrogen and oxygen atoms in total. The molecule has 3 aromatic rings. The lowest BCUT2D eigenvalue weighted by Gasteiger charge is -2.34. The number of amides is 1.